The van der Waals surface area contributed by atoms with Gasteiger partial charge in [0.15, 0.2) is 0 Å². The Balaban J connectivity index is 2.01. The predicted molar refractivity (Wildman–Crippen MR) is 83.5 cm³/mol. The minimum Gasteiger partial charge on any atom is -0.237 e. The number of hydrogen-bond acceptors (Lipinski definition) is 3. The van der Waals surface area contributed by atoms with E-state index in [-0.39, 0.29) is 0 Å². The van der Waals surface area contributed by atoms with Crippen LogP contribution in [-0.4, -0.2) is 9.78 Å². The van der Waals surface area contributed by atoms with E-state index >= 15 is 0 Å². The molecular weight excluding hydrogens is 272 g/mol. The van der Waals surface area contributed by atoms with Crippen molar-refractivity contribution in [2.75, 3.05) is 0 Å². The average Bonchev–Trinajstić information content (AvgIpc) is 2.87. The van der Waals surface area contributed by atoms with Crippen LogP contribution in [-0.2, 0) is 12.8 Å². The van der Waals surface area contributed by atoms with Crippen LogP contribution in [0.25, 0.3) is 5.69 Å². The van der Waals surface area contributed by atoms with Gasteiger partial charge in [0.05, 0.1) is 29.9 Å². The smallest absolute Gasteiger partial charge is 0.0669 e. The summed E-state index contributed by atoms with van der Waals surface area (Å²) in [5.74, 6) is 0.320. The van der Waals surface area contributed by atoms with E-state index in [1.807, 2.05) is 35.9 Å². The molecule has 0 fully saturated rings. The molecule has 3 rings (SSSR count). The fourth-order valence-corrected chi connectivity index (χ4v) is 3.39. The molecule has 0 N–H and O–H groups in total. The maximum absolute atomic E-state index is 9.04. The minimum absolute atomic E-state index is 0.320. The van der Waals surface area contributed by atoms with E-state index in [0.717, 1.165) is 36.2 Å². The number of aromatic nitrogens is 2. The van der Waals surface area contributed by atoms with Crippen LogP contribution in [0.4, 0.5) is 0 Å². The molecule has 0 saturated carbocycles. The zero-order valence-corrected chi connectivity index (χ0v) is 12.7. The molecule has 0 aliphatic heterocycles. The van der Waals surface area contributed by atoms with Crippen LogP contribution < -0.4 is 0 Å². The average molecular weight is 290 g/mol. The summed E-state index contributed by atoms with van der Waals surface area (Å²) in [7, 11) is 0. The van der Waals surface area contributed by atoms with Crippen LogP contribution in [0.5, 0.6) is 0 Å². The highest BCUT2D eigenvalue weighted by Crippen LogP contribution is 2.36. The number of aryl methyl sites for hydroxylation is 1. The van der Waals surface area contributed by atoms with Crippen molar-refractivity contribution < 1.29 is 0 Å². The normalized spacial score (nSPS) is 16.6. The van der Waals surface area contributed by atoms with Gasteiger partial charge in [0.1, 0.15) is 0 Å². The first-order valence-electron chi connectivity index (χ1n) is 7.66. The zero-order chi connectivity index (χ0) is 15.5. The number of nitrogens with zero attached hydrogens (tertiary/aromatic N) is 4. The molecule has 4 heteroatoms. The third-order valence-electron chi connectivity index (χ3n) is 4.38. The van der Waals surface area contributed by atoms with E-state index in [1.54, 1.807) is 0 Å². The van der Waals surface area contributed by atoms with Gasteiger partial charge in [0, 0.05) is 23.6 Å². The number of hydrogen-bond donors (Lipinski definition) is 0. The summed E-state index contributed by atoms with van der Waals surface area (Å²) in [4.78, 5) is 0. The maximum atomic E-state index is 9.04. The van der Waals surface area contributed by atoms with Crippen LogP contribution in [0.2, 0.25) is 0 Å². The first-order chi connectivity index (χ1) is 10.7. The number of fused-ring (bicyclic) bond motifs is 1. The third kappa shape index (κ3) is 2.49. The molecule has 110 valence electrons. The molecule has 1 atom stereocenters. The third-order valence-corrected chi connectivity index (χ3v) is 4.38. The highest BCUT2D eigenvalue weighted by atomic mass is 15.3. The molecule has 1 aromatic heterocycles. The Morgan fingerprint density at radius 3 is 2.68 bits per heavy atom. The quantitative estimate of drug-likeness (QED) is 0.867. The fraction of sp³-hybridized carbons (Fsp3) is 0.389. The summed E-state index contributed by atoms with van der Waals surface area (Å²) >= 11 is 0. The van der Waals surface area contributed by atoms with Crippen molar-refractivity contribution in [1.29, 1.82) is 10.5 Å². The zero-order valence-electron chi connectivity index (χ0n) is 12.7. The van der Waals surface area contributed by atoms with Crippen molar-refractivity contribution in [3.8, 4) is 17.8 Å². The molecule has 4 nitrogen and oxygen atoms in total. The van der Waals surface area contributed by atoms with Gasteiger partial charge in [-0.3, -0.25) is 0 Å². The van der Waals surface area contributed by atoms with Gasteiger partial charge < -0.3 is 0 Å². The van der Waals surface area contributed by atoms with Crippen molar-refractivity contribution in [2.45, 2.75) is 44.9 Å². The summed E-state index contributed by atoms with van der Waals surface area (Å²) in [6.45, 7) is 2.04. The predicted octanol–water partition coefficient (Wildman–Crippen LogP) is 3.58. The van der Waals surface area contributed by atoms with Crippen LogP contribution in [0.1, 0.15) is 47.7 Å². The van der Waals surface area contributed by atoms with Crippen molar-refractivity contribution >= 4 is 0 Å². The van der Waals surface area contributed by atoms with Gasteiger partial charge in [-0.1, -0.05) is 12.1 Å². The summed E-state index contributed by atoms with van der Waals surface area (Å²) in [6, 6.07) is 12.5. The Labute approximate surface area is 130 Å². The monoisotopic (exact) mass is 290 g/mol. The lowest BCUT2D eigenvalue weighted by Crippen LogP contribution is -2.12. The number of benzene rings is 1. The molecule has 0 radical (unpaired) electrons. The van der Waals surface area contributed by atoms with Gasteiger partial charge >= 0.3 is 0 Å². The first-order valence-corrected chi connectivity index (χ1v) is 7.66. The molecule has 0 saturated heterocycles. The molecule has 1 aliphatic carbocycles. The number of rotatable bonds is 3. The second kappa shape index (κ2) is 6.03. The summed E-state index contributed by atoms with van der Waals surface area (Å²) in [5, 5.41) is 22.5. The second-order valence-corrected chi connectivity index (χ2v) is 5.81. The lowest BCUT2D eigenvalue weighted by Gasteiger charge is -2.21. The van der Waals surface area contributed by atoms with Crippen LogP contribution in [0.3, 0.4) is 0 Å². The Hall–Kier alpha value is -2.59. The Bertz CT molecular complexity index is 756. The van der Waals surface area contributed by atoms with E-state index in [9.17, 15) is 0 Å². The van der Waals surface area contributed by atoms with Gasteiger partial charge in [-0.2, -0.15) is 15.6 Å². The molecule has 0 bridgehead atoms. The first kappa shape index (κ1) is 14.4. The Kier molecular flexibility index (Phi) is 3.94. The standard InChI is InChI=1S/C18H18N4/c1-13-18-15(10-12-20)3-2-4-17(18)22(21-13)16-7-5-14(6-8-16)9-11-19/h5-8,15H,2-4,9-10H2,1H3. The largest absolute Gasteiger partial charge is 0.237 e. The molecule has 0 amide bonds. The molecule has 1 aliphatic rings. The Morgan fingerprint density at radius 1 is 1.23 bits per heavy atom. The van der Waals surface area contributed by atoms with Gasteiger partial charge in [0.2, 0.25) is 0 Å². The van der Waals surface area contributed by atoms with Crippen LogP contribution in [0.15, 0.2) is 24.3 Å². The van der Waals surface area contributed by atoms with Gasteiger partial charge in [-0.25, -0.2) is 4.68 Å². The van der Waals surface area contributed by atoms with Crippen LogP contribution in [0, 0.1) is 29.6 Å². The van der Waals surface area contributed by atoms with E-state index in [2.05, 4.69) is 12.1 Å². The van der Waals surface area contributed by atoms with Crippen molar-refractivity contribution in [3.05, 3.63) is 46.8 Å². The Morgan fingerprint density at radius 2 is 2.00 bits per heavy atom. The molecule has 1 heterocycles. The molecule has 2 aromatic rings. The van der Waals surface area contributed by atoms with Crippen molar-refractivity contribution in [2.24, 2.45) is 0 Å². The van der Waals surface area contributed by atoms with E-state index < -0.39 is 0 Å². The van der Waals surface area contributed by atoms with Crippen molar-refractivity contribution in [3.63, 3.8) is 0 Å². The van der Waals surface area contributed by atoms with Gasteiger partial charge in [0.25, 0.3) is 0 Å². The highest BCUT2D eigenvalue weighted by Gasteiger charge is 2.27. The van der Waals surface area contributed by atoms with E-state index in [0.29, 0.717) is 18.8 Å². The molecular formula is C18H18N4. The van der Waals surface area contributed by atoms with Crippen LogP contribution >= 0.6 is 0 Å². The van der Waals surface area contributed by atoms with Crippen molar-refractivity contribution in [1.82, 2.24) is 9.78 Å². The van der Waals surface area contributed by atoms with E-state index in [1.165, 1.54) is 11.3 Å². The number of nitriles is 2. The molecule has 1 aromatic carbocycles. The lowest BCUT2D eigenvalue weighted by atomic mass is 9.83. The second-order valence-electron chi connectivity index (χ2n) is 5.81. The molecule has 1 unspecified atom stereocenters. The maximum Gasteiger partial charge on any atom is 0.0669 e. The van der Waals surface area contributed by atoms with Gasteiger partial charge in [-0.05, 0) is 43.9 Å². The summed E-state index contributed by atoms with van der Waals surface area (Å²) in [6.07, 6.45) is 4.20. The van der Waals surface area contributed by atoms with E-state index in [4.69, 9.17) is 15.6 Å². The SMILES string of the molecule is Cc1nn(-c2ccc(CC#N)cc2)c2c1C(CC#N)CCC2. The fourth-order valence-electron chi connectivity index (χ4n) is 3.39. The topological polar surface area (TPSA) is 65.4 Å². The minimum atomic E-state index is 0.320. The summed E-state index contributed by atoms with van der Waals surface area (Å²) < 4.78 is 2.02. The molecule has 22 heavy (non-hydrogen) atoms. The summed E-state index contributed by atoms with van der Waals surface area (Å²) in [5.41, 5.74) is 5.61. The molecule has 0 spiro atoms. The highest BCUT2D eigenvalue weighted by molar-refractivity contribution is 5.42. The lowest BCUT2D eigenvalue weighted by molar-refractivity contribution is 0.549. The van der Waals surface area contributed by atoms with Gasteiger partial charge in [-0.15, -0.1) is 0 Å².